The van der Waals surface area contributed by atoms with Crippen LogP contribution in [0.4, 0.5) is 26.8 Å². The minimum absolute atomic E-state index is 0.274. The van der Waals surface area contributed by atoms with Crippen molar-refractivity contribution in [2.24, 2.45) is 5.92 Å². The number of urea groups is 1. The first-order valence-corrected chi connectivity index (χ1v) is 9.99. The van der Waals surface area contributed by atoms with E-state index in [1.165, 1.54) is 12.3 Å². The second kappa shape index (κ2) is 12.2. The molecular formula is C21H24ClN5O4. The number of carbonyl (C=O) groups excluding carboxylic acids is 2. The molecule has 0 atom stereocenters. The summed E-state index contributed by atoms with van der Waals surface area (Å²) in [6.45, 7) is 11.9. The van der Waals surface area contributed by atoms with Crippen LogP contribution in [0.5, 0.6) is 5.75 Å². The van der Waals surface area contributed by atoms with E-state index in [0.29, 0.717) is 54.1 Å². The first-order valence-electron chi connectivity index (χ1n) is 9.62. The number of alkyl carbamates (subject to hydrolysis) is 1. The van der Waals surface area contributed by atoms with Gasteiger partial charge in [-0.25, -0.2) is 14.4 Å². The van der Waals surface area contributed by atoms with E-state index >= 15 is 0 Å². The highest BCUT2D eigenvalue weighted by molar-refractivity contribution is 6.31. The molecule has 0 spiro atoms. The van der Waals surface area contributed by atoms with Crippen molar-refractivity contribution >= 4 is 40.9 Å². The molecule has 31 heavy (non-hydrogen) atoms. The third kappa shape index (κ3) is 8.80. The van der Waals surface area contributed by atoms with Crippen molar-refractivity contribution in [1.29, 1.82) is 0 Å². The second-order valence-corrected chi connectivity index (χ2v) is 7.29. The molecule has 0 saturated carbocycles. The van der Waals surface area contributed by atoms with Gasteiger partial charge in [0.1, 0.15) is 11.6 Å². The first kappa shape index (κ1) is 23.8. The van der Waals surface area contributed by atoms with Gasteiger partial charge in [0, 0.05) is 17.8 Å². The van der Waals surface area contributed by atoms with Gasteiger partial charge in [0.2, 0.25) is 5.69 Å². The maximum Gasteiger partial charge on any atom is 0.407 e. The van der Waals surface area contributed by atoms with Crippen molar-refractivity contribution in [2.45, 2.75) is 20.3 Å². The van der Waals surface area contributed by atoms with Gasteiger partial charge in [0.05, 0.1) is 25.5 Å². The largest absolute Gasteiger partial charge is 0.491 e. The van der Waals surface area contributed by atoms with E-state index in [9.17, 15) is 9.59 Å². The number of ether oxygens (including phenoxy) is 2. The SMILES string of the molecule is [C-]#[N+]c1ccc(NC(=O)Nc2cc(Cl)ccc2OCCCNC(=O)OCC(C)C)nc1. The first-order chi connectivity index (χ1) is 14.9. The number of aromatic nitrogens is 1. The predicted molar refractivity (Wildman–Crippen MR) is 119 cm³/mol. The highest BCUT2D eigenvalue weighted by Gasteiger charge is 2.10. The van der Waals surface area contributed by atoms with Gasteiger partial charge >= 0.3 is 12.1 Å². The molecule has 0 saturated heterocycles. The third-order valence-electron chi connectivity index (χ3n) is 3.70. The molecule has 3 N–H and O–H groups in total. The van der Waals surface area contributed by atoms with E-state index < -0.39 is 12.1 Å². The standard InChI is InChI=1S/C21H24ClN5O4/c1-14(2)13-31-21(29)24-9-4-10-30-18-7-5-15(22)11-17(18)26-20(28)27-19-8-6-16(23-3)12-25-19/h5-8,11-12,14H,4,9-10,13H2,1-2H3,(H,24,29)(H2,25,26,27,28). The number of pyridine rings is 1. The number of nitrogens with one attached hydrogen (secondary N) is 3. The topological polar surface area (TPSA) is 106 Å². The molecule has 2 aromatic rings. The molecule has 10 heteroatoms. The molecule has 0 aliphatic carbocycles. The molecule has 3 amide bonds. The van der Waals surface area contributed by atoms with Crippen LogP contribution in [0.25, 0.3) is 4.85 Å². The maximum atomic E-state index is 12.3. The summed E-state index contributed by atoms with van der Waals surface area (Å²) in [4.78, 5) is 31.0. The number of halogens is 1. The molecule has 1 aromatic carbocycles. The zero-order valence-electron chi connectivity index (χ0n) is 17.3. The molecule has 1 aromatic heterocycles. The lowest BCUT2D eigenvalue weighted by Gasteiger charge is -2.14. The van der Waals surface area contributed by atoms with Gasteiger partial charge in [-0.05, 0) is 36.6 Å². The van der Waals surface area contributed by atoms with Crippen LogP contribution in [0, 0.1) is 12.5 Å². The van der Waals surface area contributed by atoms with E-state index in [-0.39, 0.29) is 5.92 Å². The lowest BCUT2D eigenvalue weighted by Crippen LogP contribution is -2.27. The van der Waals surface area contributed by atoms with Crippen molar-refractivity contribution in [3.8, 4) is 5.75 Å². The Kier molecular flexibility index (Phi) is 9.39. The average molecular weight is 446 g/mol. The molecule has 9 nitrogen and oxygen atoms in total. The van der Waals surface area contributed by atoms with Crippen LogP contribution in [0.1, 0.15) is 20.3 Å². The summed E-state index contributed by atoms with van der Waals surface area (Å²) < 4.78 is 10.7. The van der Waals surface area contributed by atoms with Crippen LogP contribution >= 0.6 is 11.6 Å². The second-order valence-electron chi connectivity index (χ2n) is 6.85. The number of hydrogen-bond donors (Lipinski definition) is 3. The highest BCUT2D eigenvalue weighted by Crippen LogP contribution is 2.28. The van der Waals surface area contributed by atoms with Gasteiger partial charge in [0.15, 0.2) is 0 Å². The summed E-state index contributed by atoms with van der Waals surface area (Å²) in [7, 11) is 0. The Labute approximate surface area is 185 Å². The number of carbonyl (C=O) groups is 2. The Bertz CT molecular complexity index is 928. The molecule has 0 aliphatic rings. The summed E-state index contributed by atoms with van der Waals surface area (Å²) in [5, 5.41) is 8.31. The van der Waals surface area contributed by atoms with Crippen LogP contribution in [0.15, 0.2) is 36.5 Å². The molecular weight excluding hydrogens is 422 g/mol. The van der Waals surface area contributed by atoms with Crippen LogP contribution in [0.3, 0.4) is 0 Å². The number of nitrogens with zero attached hydrogens (tertiary/aromatic N) is 2. The molecule has 0 fully saturated rings. The summed E-state index contributed by atoms with van der Waals surface area (Å²) in [6.07, 6.45) is 1.45. The Morgan fingerprint density at radius 3 is 2.71 bits per heavy atom. The zero-order chi connectivity index (χ0) is 22.6. The van der Waals surface area contributed by atoms with Gasteiger partial charge in [-0.3, -0.25) is 10.3 Å². The molecule has 1 heterocycles. The van der Waals surface area contributed by atoms with Crippen LogP contribution in [0.2, 0.25) is 5.02 Å². The van der Waals surface area contributed by atoms with Gasteiger partial charge in [-0.15, -0.1) is 0 Å². The van der Waals surface area contributed by atoms with Gasteiger partial charge in [0.25, 0.3) is 0 Å². The van der Waals surface area contributed by atoms with Crippen molar-refractivity contribution < 1.29 is 19.1 Å². The van der Waals surface area contributed by atoms with Crippen molar-refractivity contribution in [3.63, 3.8) is 0 Å². The van der Waals surface area contributed by atoms with Gasteiger partial charge in [-0.2, -0.15) is 0 Å². The predicted octanol–water partition coefficient (Wildman–Crippen LogP) is 5.08. The lowest BCUT2D eigenvalue weighted by molar-refractivity contribution is 0.132. The fourth-order valence-corrected chi connectivity index (χ4v) is 2.43. The summed E-state index contributed by atoms with van der Waals surface area (Å²) in [6, 6.07) is 7.40. The Morgan fingerprint density at radius 2 is 2.03 bits per heavy atom. The van der Waals surface area contributed by atoms with Crippen molar-refractivity contribution in [1.82, 2.24) is 10.3 Å². The molecule has 0 unspecified atom stereocenters. The Morgan fingerprint density at radius 1 is 1.23 bits per heavy atom. The molecule has 0 bridgehead atoms. The fourth-order valence-electron chi connectivity index (χ4n) is 2.26. The summed E-state index contributed by atoms with van der Waals surface area (Å²) in [5.74, 6) is 0.999. The molecule has 0 radical (unpaired) electrons. The van der Waals surface area contributed by atoms with Gasteiger partial charge in [-0.1, -0.05) is 31.5 Å². The summed E-state index contributed by atoms with van der Waals surface area (Å²) >= 11 is 6.04. The van der Waals surface area contributed by atoms with E-state index in [2.05, 4.69) is 25.8 Å². The smallest absolute Gasteiger partial charge is 0.407 e. The normalized spacial score (nSPS) is 10.2. The fraction of sp³-hybridized carbons (Fsp3) is 0.333. The number of benzene rings is 1. The molecule has 0 aliphatic heterocycles. The quantitative estimate of drug-likeness (QED) is 0.368. The van der Waals surface area contributed by atoms with Crippen LogP contribution in [-0.2, 0) is 4.74 Å². The number of amides is 3. The number of hydrogen-bond acceptors (Lipinski definition) is 5. The van der Waals surface area contributed by atoms with Crippen LogP contribution < -0.4 is 20.7 Å². The molecule has 164 valence electrons. The third-order valence-corrected chi connectivity index (χ3v) is 3.94. The van der Waals surface area contributed by atoms with E-state index in [1.54, 1.807) is 24.3 Å². The highest BCUT2D eigenvalue weighted by atomic mass is 35.5. The lowest BCUT2D eigenvalue weighted by atomic mass is 10.2. The molecule has 2 rings (SSSR count). The van der Waals surface area contributed by atoms with E-state index in [4.69, 9.17) is 27.6 Å². The number of rotatable bonds is 9. The maximum absolute atomic E-state index is 12.3. The number of anilines is 2. The van der Waals surface area contributed by atoms with Crippen molar-refractivity contribution in [3.05, 3.63) is 53.0 Å². The Hall–Kier alpha value is -3.51. The average Bonchev–Trinajstić information content (AvgIpc) is 2.74. The van der Waals surface area contributed by atoms with Gasteiger partial charge < -0.3 is 20.1 Å². The Balaban J connectivity index is 1.83. The van der Waals surface area contributed by atoms with E-state index in [0.717, 1.165) is 0 Å². The monoisotopic (exact) mass is 445 g/mol. The van der Waals surface area contributed by atoms with Crippen molar-refractivity contribution in [2.75, 3.05) is 30.4 Å². The zero-order valence-corrected chi connectivity index (χ0v) is 18.0. The van der Waals surface area contributed by atoms with E-state index in [1.807, 2.05) is 13.8 Å². The minimum atomic E-state index is -0.537. The minimum Gasteiger partial charge on any atom is -0.491 e. The van der Waals surface area contributed by atoms with Crippen LogP contribution in [-0.4, -0.2) is 36.9 Å². The summed E-state index contributed by atoms with van der Waals surface area (Å²) in [5.41, 5.74) is 0.756.